The van der Waals surface area contributed by atoms with Gasteiger partial charge in [0.25, 0.3) is 10.0 Å². The fourth-order valence-electron chi connectivity index (χ4n) is 2.06. The van der Waals surface area contributed by atoms with Crippen molar-refractivity contribution in [1.29, 1.82) is 0 Å². The van der Waals surface area contributed by atoms with Gasteiger partial charge in [-0.2, -0.15) is 8.42 Å². The molecule has 0 N–H and O–H groups in total. The molecular formula is C14H22N2O2S. The molecule has 106 valence electrons. The van der Waals surface area contributed by atoms with Crippen molar-refractivity contribution in [2.75, 3.05) is 14.1 Å². The second-order valence-electron chi connectivity index (χ2n) is 5.11. The molecule has 0 radical (unpaired) electrons. The van der Waals surface area contributed by atoms with Crippen LogP contribution in [0.2, 0.25) is 0 Å². The average molecular weight is 282 g/mol. The molecule has 0 unspecified atom stereocenters. The summed E-state index contributed by atoms with van der Waals surface area (Å²) in [4.78, 5) is 1.95. The van der Waals surface area contributed by atoms with Gasteiger partial charge in [-0.25, -0.2) is 0 Å². The van der Waals surface area contributed by atoms with E-state index in [0.29, 0.717) is 4.90 Å². The Morgan fingerprint density at radius 3 is 1.58 bits per heavy atom. The van der Waals surface area contributed by atoms with Crippen molar-refractivity contribution in [2.45, 2.75) is 39.5 Å². The van der Waals surface area contributed by atoms with Gasteiger partial charge in [-0.1, -0.05) is 0 Å². The number of nitrogens with zero attached hydrogens (tertiary/aromatic N) is 2. The molecule has 1 aromatic rings. The molecule has 0 bridgehead atoms. The van der Waals surface area contributed by atoms with E-state index < -0.39 is 10.0 Å². The number of benzene rings is 1. The molecule has 0 saturated heterocycles. The zero-order valence-corrected chi connectivity index (χ0v) is 13.5. The van der Waals surface area contributed by atoms with Crippen molar-refractivity contribution in [3.8, 4) is 0 Å². The van der Waals surface area contributed by atoms with Gasteiger partial charge in [-0.05, 0) is 62.4 Å². The summed E-state index contributed by atoms with van der Waals surface area (Å²) in [5.41, 5.74) is 4.75. The number of hydrogen-bond acceptors (Lipinski definition) is 2. The minimum atomic E-state index is -3.65. The van der Waals surface area contributed by atoms with E-state index in [2.05, 4.69) is 4.40 Å². The fourth-order valence-corrected chi connectivity index (χ4v) is 3.56. The highest BCUT2D eigenvalue weighted by Gasteiger charge is 2.22. The van der Waals surface area contributed by atoms with Crippen LogP contribution < -0.4 is 0 Å². The van der Waals surface area contributed by atoms with Gasteiger partial charge >= 0.3 is 0 Å². The molecule has 0 amide bonds. The van der Waals surface area contributed by atoms with Crippen LogP contribution in [0, 0.1) is 34.6 Å². The van der Waals surface area contributed by atoms with Gasteiger partial charge in [-0.3, -0.25) is 0 Å². The molecule has 0 heterocycles. The normalized spacial score (nSPS) is 12.2. The summed E-state index contributed by atoms with van der Waals surface area (Å²) in [6.07, 6.45) is 1.32. The van der Waals surface area contributed by atoms with Gasteiger partial charge in [0.15, 0.2) is 0 Å². The molecule has 0 fully saturated rings. The molecule has 0 aliphatic carbocycles. The van der Waals surface area contributed by atoms with Crippen molar-refractivity contribution in [3.63, 3.8) is 0 Å². The summed E-state index contributed by atoms with van der Waals surface area (Å²) in [6, 6.07) is 0. The monoisotopic (exact) mass is 282 g/mol. The summed E-state index contributed by atoms with van der Waals surface area (Å²) in [5.74, 6) is 0. The molecule has 0 saturated carbocycles. The van der Waals surface area contributed by atoms with Gasteiger partial charge in [0.05, 0.1) is 4.90 Å². The maximum atomic E-state index is 12.4. The van der Waals surface area contributed by atoms with Crippen LogP contribution in [0.3, 0.4) is 0 Å². The van der Waals surface area contributed by atoms with Gasteiger partial charge in [0.1, 0.15) is 6.34 Å². The van der Waals surface area contributed by atoms with Gasteiger partial charge in [0, 0.05) is 14.1 Å². The Balaban J connectivity index is 3.61. The first-order valence-electron chi connectivity index (χ1n) is 6.13. The lowest BCUT2D eigenvalue weighted by Crippen LogP contribution is -2.12. The van der Waals surface area contributed by atoms with E-state index >= 15 is 0 Å². The SMILES string of the molecule is Cc1c(C)c(C)c(S(=O)(=O)/N=C/N(C)C)c(C)c1C. The highest BCUT2D eigenvalue weighted by atomic mass is 32.2. The Morgan fingerprint density at radius 2 is 1.21 bits per heavy atom. The molecule has 1 aromatic carbocycles. The van der Waals surface area contributed by atoms with Crippen molar-refractivity contribution < 1.29 is 8.42 Å². The van der Waals surface area contributed by atoms with E-state index in [-0.39, 0.29) is 0 Å². The molecule has 5 heteroatoms. The van der Waals surface area contributed by atoms with E-state index in [0.717, 1.165) is 27.8 Å². The van der Waals surface area contributed by atoms with Crippen molar-refractivity contribution in [1.82, 2.24) is 4.90 Å². The third-order valence-electron chi connectivity index (χ3n) is 3.61. The van der Waals surface area contributed by atoms with Crippen LogP contribution in [-0.4, -0.2) is 33.8 Å². The van der Waals surface area contributed by atoms with Gasteiger partial charge in [0.2, 0.25) is 0 Å². The van der Waals surface area contributed by atoms with Crippen LogP contribution >= 0.6 is 0 Å². The van der Waals surface area contributed by atoms with Crippen LogP contribution in [0.25, 0.3) is 0 Å². The Kier molecular flexibility index (Phi) is 4.40. The first-order valence-corrected chi connectivity index (χ1v) is 7.57. The summed E-state index contributed by atoms with van der Waals surface area (Å²) < 4.78 is 28.5. The number of sulfonamides is 1. The van der Waals surface area contributed by atoms with Crippen LogP contribution in [0.1, 0.15) is 27.8 Å². The minimum absolute atomic E-state index is 0.339. The quantitative estimate of drug-likeness (QED) is 0.632. The molecule has 0 spiro atoms. The number of rotatable bonds is 3. The van der Waals surface area contributed by atoms with Gasteiger partial charge in [-0.15, -0.1) is 4.40 Å². The van der Waals surface area contributed by atoms with E-state index in [4.69, 9.17) is 0 Å². The van der Waals surface area contributed by atoms with Crippen molar-refractivity contribution in [3.05, 3.63) is 27.8 Å². The molecule has 0 aliphatic heterocycles. The van der Waals surface area contributed by atoms with Crippen LogP contribution in [0.5, 0.6) is 0 Å². The largest absolute Gasteiger partial charge is 0.368 e. The maximum absolute atomic E-state index is 12.4. The summed E-state index contributed by atoms with van der Waals surface area (Å²) in [6.45, 7) is 9.60. The average Bonchev–Trinajstić information content (AvgIpc) is 2.31. The standard InChI is InChI=1S/C14H22N2O2S/c1-9-10(2)12(4)14(13(5)11(9)3)19(17,18)15-8-16(6)7/h8H,1-7H3/b15-8+. The predicted octanol–water partition coefficient (Wildman–Crippen LogP) is 2.51. The van der Waals surface area contributed by atoms with Crippen LogP contribution in [0.4, 0.5) is 0 Å². The Labute approximate surface area is 116 Å². The Morgan fingerprint density at radius 1 is 0.842 bits per heavy atom. The summed E-state index contributed by atoms with van der Waals surface area (Å²) in [7, 11) is -0.170. The molecule has 0 aliphatic rings. The lowest BCUT2D eigenvalue weighted by atomic mass is 9.95. The lowest BCUT2D eigenvalue weighted by Gasteiger charge is -2.17. The molecule has 0 aromatic heterocycles. The fraction of sp³-hybridized carbons (Fsp3) is 0.500. The van der Waals surface area contributed by atoms with Crippen LogP contribution in [0.15, 0.2) is 9.29 Å². The lowest BCUT2D eigenvalue weighted by molar-refractivity contribution is 0.593. The molecular weight excluding hydrogens is 260 g/mol. The third kappa shape index (κ3) is 2.97. The van der Waals surface area contributed by atoms with Gasteiger partial charge < -0.3 is 4.90 Å². The molecule has 0 atom stereocenters. The first kappa shape index (κ1) is 15.7. The topological polar surface area (TPSA) is 49.7 Å². The Hall–Kier alpha value is -1.36. The maximum Gasteiger partial charge on any atom is 0.284 e. The molecule has 19 heavy (non-hydrogen) atoms. The van der Waals surface area contributed by atoms with Crippen LogP contribution in [-0.2, 0) is 10.0 Å². The summed E-state index contributed by atoms with van der Waals surface area (Å²) in [5, 5.41) is 0. The second-order valence-corrected chi connectivity index (χ2v) is 6.68. The van der Waals surface area contributed by atoms with Crippen molar-refractivity contribution >= 4 is 16.4 Å². The first-order chi connectivity index (χ1) is 8.59. The highest BCUT2D eigenvalue weighted by molar-refractivity contribution is 7.90. The highest BCUT2D eigenvalue weighted by Crippen LogP contribution is 2.30. The zero-order chi connectivity index (χ0) is 15.0. The summed E-state index contributed by atoms with van der Waals surface area (Å²) >= 11 is 0. The predicted molar refractivity (Wildman–Crippen MR) is 79.5 cm³/mol. The molecule has 1 rings (SSSR count). The minimum Gasteiger partial charge on any atom is -0.368 e. The Bertz CT molecular complexity index is 600. The molecule has 4 nitrogen and oxygen atoms in total. The van der Waals surface area contributed by atoms with E-state index in [1.807, 2.05) is 34.6 Å². The van der Waals surface area contributed by atoms with E-state index in [1.54, 1.807) is 19.0 Å². The number of hydrogen-bond donors (Lipinski definition) is 0. The van der Waals surface area contributed by atoms with E-state index in [1.165, 1.54) is 6.34 Å². The smallest absolute Gasteiger partial charge is 0.284 e. The van der Waals surface area contributed by atoms with Crippen molar-refractivity contribution in [2.24, 2.45) is 4.40 Å². The third-order valence-corrected chi connectivity index (χ3v) is 5.11. The van der Waals surface area contributed by atoms with E-state index in [9.17, 15) is 8.42 Å². The second kappa shape index (κ2) is 5.33. The zero-order valence-electron chi connectivity index (χ0n) is 12.7.